The highest BCUT2D eigenvalue weighted by Gasteiger charge is 2.29. The Balaban J connectivity index is 2.40. The van der Waals surface area contributed by atoms with Crippen molar-refractivity contribution >= 4 is 27.3 Å². The molecular formula is C12H17ClN2O3S. The molecule has 2 rings (SSSR count). The topological polar surface area (TPSA) is 59.5 Å². The van der Waals surface area contributed by atoms with Crippen LogP contribution in [0.5, 0.6) is 0 Å². The number of ether oxygens (including phenoxy) is 1. The summed E-state index contributed by atoms with van der Waals surface area (Å²) in [6.45, 7) is 3.03. The van der Waals surface area contributed by atoms with Crippen LogP contribution in [0.3, 0.4) is 0 Å². The van der Waals surface area contributed by atoms with Gasteiger partial charge in [-0.3, -0.25) is 0 Å². The predicted octanol–water partition coefficient (Wildman–Crippen LogP) is 1.32. The summed E-state index contributed by atoms with van der Waals surface area (Å²) in [6, 6.07) is 3.27. The molecule has 0 aromatic carbocycles. The molecule has 0 amide bonds. The van der Waals surface area contributed by atoms with Gasteiger partial charge in [0.25, 0.3) is 0 Å². The molecule has 0 N–H and O–H groups in total. The quantitative estimate of drug-likeness (QED) is 0.788. The molecule has 2 atom stereocenters. The van der Waals surface area contributed by atoms with Gasteiger partial charge < -0.3 is 9.64 Å². The number of sulfone groups is 1. The number of nitrogens with zero attached hydrogens (tertiary/aromatic N) is 2. The zero-order valence-electron chi connectivity index (χ0n) is 10.9. The first-order chi connectivity index (χ1) is 8.93. The van der Waals surface area contributed by atoms with Crippen LogP contribution in [0.4, 0.5) is 5.82 Å². The molecule has 2 heterocycles. The molecule has 1 aromatic heterocycles. The van der Waals surface area contributed by atoms with Crippen molar-refractivity contribution in [1.82, 2.24) is 4.98 Å². The van der Waals surface area contributed by atoms with Gasteiger partial charge in [0.2, 0.25) is 0 Å². The molecule has 0 bridgehead atoms. The van der Waals surface area contributed by atoms with Crippen LogP contribution < -0.4 is 4.90 Å². The summed E-state index contributed by atoms with van der Waals surface area (Å²) in [6.07, 6.45) is 2.69. The molecule has 1 aromatic rings. The molecule has 106 valence electrons. The third-order valence-electron chi connectivity index (χ3n) is 3.10. The van der Waals surface area contributed by atoms with E-state index in [-0.39, 0.29) is 17.0 Å². The summed E-state index contributed by atoms with van der Waals surface area (Å²) in [5.74, 6) is 0.862. The maximum atomic E-state index is 11.8. The van der Waals surface area contributed by atoms with Crippen molar-refractivity contribution in [2.75, 3.05) is 30.2 Å². The van der Waals surface area contributed by atoms with Gasteiger partial charge in [0.1, 0.15) is 10.7 Å². The van der Waals surface area contributed by atoms with Crippen LogP contribution in [-0.4, -0.2) is 50.8 Å². The highest BCUT2D eigenvalue weighted by atomic mass is 35.5. The molecule has 0 radical (unpaired) electrons. The van der Waals surface area contributed by atoms with E-state index in [2.05, 4.69) is 4.98 Å². The molecule has 0 saturated carbocycles. The first kappa shape index (κ1) is 14.6. The van der Waals surface area contributed by atoms with Crippen molar-refractivity contribution in [1.29, 1.82) is 0 Å². The number of morpholine rings is 1. The molecule has 1 aliphatic rings. The van der Waals surface area contributed by atoms with Gasteiger partial charge in [-0.2, -0.15) is 0 Å². The number of aromatic nitrogens is 1. The first-order valence-electron chi connectivity index (χ1n) is 6.02. The summed E-state index contributed by atoms with van der Waals surface area (Å²) in [5.41, 5.74) is 0. The van der Waals surface area contributed by atoms with Gasteiger partial charge in [-0.05, 0) is 19.1 Å². The Hall–Kier alpha value is -0.850. The van der Waals surface area contributed by atoms with E-state index in [0.29, 0.717) is 24.8 Å². The fourth-order valence-electron chi connectivity index (χ4n) is 2.09. The smallest absolute Gasteiger partial charge is 0.179 e. The van der Waals surface area contributed by atoms with Gasteiger partial charge in [-0.25, -0.2) is 13.4 Å². The molecule has 0 aliphatic carbocycles. The fourth-order valence-corrected chi connectivity index (χ4v) is 3.11. The van der Waals surface area contributed by atoms with Crippen LogP contribution in [0, 0.1) is 0 Å². The lowest BCUT2D eigenvalue weighted by molar-refractivity contribution is 0.0359. The van der Waals surface area contributed by atoms with E-state index < -0.39 is 9.84 Å². The number of pyridine rings is 1. The maximum Gasteiger partial charge on any atom is 0.179 e. The Labute approximate surface area is 118 Å². The van der Waals surface area contributed by atoms with Gasteiger partial charge >= 0.3 is 0 Å². The zero-order valence-corrected chi connectivity index (χ0v) is 12.5. The Kier molecular flexibility index (Phi) is 4.32. The lowest BCUT2D eigenvalue weighted by atomic mass is 10.2. The third-order valence-corrected chi connectivity index (χ3v) is 4.56. The molecule has 1 fully saturated rings. The number of hydrogen-bond acceptors (Lipinski definition) is 5. The number of rotatable bonds is 3. The molecule has 1 aliphatic heterocycles. The van der Waals surface area contributed by atoms with Crippen molar-refractivity contribution in [2.24, 2.45) is 0 Å². The minimum atomic E-state index is -3.31. The fraction of sp³-hybridized carbons (Fsp3) is 0.583. The van der Waals surface area contributed by atoms with Crippen molar-refractivity contribution in [3.8, 4) is 0 Å². The van der Waals surface area contributed by atoms with E-state index in [0.717, 1.165) is 0 Å². The van der Waals surface area contributed by atoms with Gasteiger partial charge in [0, 0.05) is 19.0 Å². The minimum absolute atomic E-state index is 0.0647. The van der Waals surface area contributed by atoms with E-state index in [4.69, 9.17) is 16.3 Å². The molecule has 5 nitrogen and oxygen atoms in total. The lowest BCUT2D eigenvalue weighted by Gasteiger charge is -2.38. The van der Waals surface area contributed by atoms with Gasteiger partial charge in [-0.1, -0.05) is 0 Å². The second kappa shape index (κ2) is 5.64. The minimum Gasteiger partial charge on any atom is -0.373 e. The Bertz CT molecular complexity index is 550. The molecule has 1 saturated heterocycles. The second-order valence-corrected chi connectivity index (χ2v) is 7.00. The average molecular weight is 305 g/mol. The largest absolute Gasteiger partial charge is 0.373 e. The van der Waals surface area contributed by atoms with Crippen molar-refractivity contribution in [3.63, 3.8) is 0 Å². The maximum absolute atomic E-state index is 11.8. The monoisotopic (exact) mass is 304 g/mol. The second-order valence-electron chi connectivity index (χ2n) is 4.71. The number of alkyl halides is 1. The highest BCUT2D eigenvalue weighted by Crippen LogP contribution is 2.26. The van der Waals surface area contributed by atoms with Crippen molar-refractivity contribution < 1.29 is 13.2 Å². The van der Waals surface area contributed by atoms with E-state index in [1.54, 1.807) is 18.3 Å². The molecule has 19 heavy (non-hydrogen) atoms. The van der Waals surface area contributed by atoms with Gasteiger partial charge in [-0.15, -0.1) is 11.6 Å². The summed E-state index contributed by atoms with van der Waals surface area (Å²) in [7, 11) is -3.31. The van der Waals surface area contributed by atoms with E-state index >= 15 is 0 Å². The lowest BCUT2D eigenvalue weighted by Crippen LogP contribution is -2.49. The summed E-state index contributed by atoms with van der Waals surface area (Å²) >= 11 is 5.82. The third kappa shape index (κ3) is 3.19. The summed E-state index contributed by atoms with van der Waals surface area (Å²) in [4.78, 5) is 6.43. The summed E-state index contributed by atoms with van der Waals surface area (Å²) in [5, 5.41) is 0. The van der Waals surface area contributed by atoms with Crippen LogP contribution in [0.25, 0.3) is 0 Å². The number of hydrogen-bond donors (Lipinski definition) is 0. The Morgan fingerprint density at radius 2 is 2.32 bits per heavy atom. The Morgan fingerprint density at radius 3 is 2.95 bits per heavy atom. The zero-order chi connectivity index (χ0) is 14.0. The van der Waals surface area contributed by atoms with E-state index in [1.807, 2.05) is 11.8 Å². The van der Waals surface area contributed by atoms with Crippen molar-refractivity contribution in [3.05, 3.63) is 18.3 Å². The Morgan fingerprint density at radius 1 is 1.58 bits per heavy atom. The average Bonchev–Trinajstić information content (AvgIpc) is 2.38. The van der Waals surface area contributed by atoms with Crippen molar-refractivity contribution in [2.45, 2.75) is 24.0 Å². The summed E-state index contributed by atoms with van der Waals surface area (Å²) < 4.78 is 29.2. The number of anilines is 1. The first-order valence-corrected chi connectivity index (χ1v) is 8.45. The molecule has 7 heteroatoms. The van der Waals surface area contributed by atoms with Crippen LogP contribution in [0.2, 0.25) is 0 Å². The van der Waals surface area contributed by atoms with Crippen LogP contribution in [0.15, 0.2) is 23.2 Å². The highest BCUT2D eigenvalue weighted by molar-refractivity contribution is 7.90. The standard InChI is InChI=1S/C12H17ClN2O3S/c1-9-8-18-10(6-13)7-15(9)12-11(19(2,16)17)4-3-5-14-12/h3-5,9-10H,6-8H2,1-2H3. The normalized spacial score (nSPS) is 24.5. The van der Waals surface area contributed by atoms with Crippen LogP contribution in [0.1, 0.15) is 6.92 Å². The van der Waals surface area contributed by atoms with E-state index in [1.165, 1.54) is 6.26 Å². The van der Waals surface area contributed by atoms with E-state index in [9.17, 15) is 8.42 Å². The molecule has 0 spiro atoms. The van der Waals surface area contributed by atoms with Crippen LogP contribution in [-0.2, 0) is 14.6 Å². The number of halogens is 1. The molecule has 2 unspecified atom stereocenters. The van der Waals surface area contributed by atoms with Gasteiger partial charge in [0.05, 0.1) is 24.6 Å². The van der Waals surface area contributed by atoms with Gasteiger partial charge in [0.15, 0.2) is 9.84 Å². The predicted molar refractivity (Wildman–Crippen MR) is 74.6 cm³/mol. The van der Waals surface area contributed by atoms with Crippen LogP contribution >= 0.6 is 11.6 Å². The SMILES string of the molecule is CC1COC(CCl)CN1c1ncccc1S(C)(=O)=O. The molecular weight excluding hydrogens is 288 g/mol.